The van der Waals surface area contributed by atoms with Gasteiger partial charge >= 0.3 is 0 Å². The van der Waals surface area contributed by atoms with E-state index in [2.05, 4.69) is 67.0 Å². The van der Waals surface area contributed by atoms with E-state index in [-0.39, 0.29) is 0 Å². The molecule has 0 aliphatic carbocycles. The van der Waals surface area contributed by atoms with Gasteiger partial charge < -0.3 is 24.2 Å². The Morgan fingerprint density at radius 1 is 0.780 bits per heavy atom. The number of aromatic nitrogens is 4. The van der Waals surface area contributed by atoms with E-state index < -0.39 is 0 Å². The molecule has 41 heavy (non-hydrogen) atoms. The molecule has 0 amide bonds. The molecule has 0 atom stereocenters. The fourth-order valence-corrected chi connectivity index (χ4v) is 5.67. The Labute approximate surface area is 242 Å². The lowest BCUT2D eigenvalue weighted by molar-refractivity contribution is 0.156. The Kier molecular flexibility index (Phi) is 8.41. The van der Waals surface area contributed by atoms with Gasteiger partial charge in [0.25, 0.3) is 0 Å². The lowest BCUT2D eigenvalue weighted by Gasteiger charge is -2.35. The Hall–Kier alpha value is -3.98. The number of fused-ring (bicyclic) bond motifs is 1. The fourth-order valence-electron chi connectivity index (χ4n) is 5.67. The maximum atomic E-state index is 6.39. The lowest BCUT2D eigenvalue weighted by Crippen LogP contribution is -2.47. The van der Waals surface area contributed by atoms with Crippen LogP contribution in [0.2, 0.25) is 0 Å². The predicted molar refractivity (Wildman–Crippen MR) is 162 cm³/mol. The first kappa shape index (κ1) is 27.2. The molecule has 9 heteroatoms. The van der Waals surface area contributed by atoms with Crippen molar-refractivity contribution in [1.29, 1.82) is 0 Å². The molecule has 214 valence electrons. The first-order valence-electron chi connectivity index (χ1n) is 14.7. The van der Waals surface area contributed by atoms with Gasteiger partial charge in [-0.05, 0) is 63.0 Å². The number of benzene rings is 2. The normalized spacial score (nSPS) is 16.7. The second-order valence-electron chi connectivity index (χ2n) is 11.0. The Balaban J connectivity index is 1.14. The highest BCUT2D eigenvalue weighted by Crippen LogP contribution is 2.36. The van der Waals surface area contributed by atoms with Gasteiger partial charge in [0.1, 0.15) is 12.1 Å². The number of rotatable bonds is 9. The van der Waals surface area contributed by atoms with Crippen molar-refractivity contribution in [2.45, 2.75) is 26.2 Å². The molecule has 0 saturated carbocycles. The summed E-state index contributed by atoms with van der Waals surface area (Å²) in [5.41, 5.74) is 3.24. The molecule has 4 heterocycles. The van der Waals surface area contributed by atoms with E-state index in [0.29, 0.717) is 19.1 Å². The van der Waals surface area contributed by atoms with Crippen LogP contribution in [0.25, 0.3) is 10.9 Å². The maximum Gasteiger partial charge on any atom is 0.225 e. The quantitative estimate of drug-likeness (QED) is 0.299. The van der Waals surface area contributed by atoms with Crippen LogP contribution in [0.4, 0.5) is 11.8 Å². The van der Waals surface area contributed by atoms with E-state index in [4.69, 9.17) is 14.5 Å². The van der Waals surface area contributed by atoms with Crippen molar-refractivity contribution in [3.05, 3.63) is 72.3 Å². The van der Waals surface area contributed by atoms with Gasteiger partial charge in [0.05, 0.1) is 18.7 Å². The third-order valence-electron chi connectivity index (χ3n) is 8.10. The molecule has 2 aliphatic heterocycles. The molecule has 0 unspecified atom stereocenters. The van der Waals surface area contributed by atoms with Gasteiger partial charge in [-0.15, -0.1) is 0 Å². The number of hydrogen-bond donors (Lipinski definition) is 0. The van der Waals surface area contributed by atoms with Crippen molar-refractivity contribution in [3.8, 4) is 11.5 Å². The zero-order valence-corrected chi connectivity index (χ0v) is 24.1. The minimum Gasteiger partial charge on any atom is -0.490 e. The van der Waals surface area contributed by atoms with Crippen LogP contribution in [0, 0.1) is 5.92 Å². The van der Waals surface area contributed by atoms with Crippen LogP contribution in [0.3, 0.4) is 0 Å². The number of piperidine rings is 1. The lowest BCUT2D eigenvalue weighted by atomic mass is 9.98. The predicted octanol–water partition coefficient (Wildman–Crippen LogP) is 4.46. The van der Waals surface area contributed by atoms with Crippen molar-refractivity contribution in [2.24, 2.45) is 5.92 Å². The molecule has 9 nitrogen and oxygen atoms in total. The average molecular weight is 554 g/mol. The van der Waals surface area contributed by atoms with Gasteiger partial charge in [-0.2, -0.15) is 0 Å². The van der Waals surface area contributed by atoms with Crippen molar-refractivity contribution < 1.29 is 9.47 Å². The standard InChI is InChI=1S/C32H39N7O2/c1-3-40-30-19-28-27(18-29(30)41-22-25-9-11-37(2)12-10-25)31(36-23-35-28)38-13-15-39(16-14-38)32-33-20-26(21-34-32)17-24-7-5-4-6-8-24/h4-8,18-21,23,25H,3,9-17,22H2,1-2H3. The Bertz CT molecular complexity index is 1420. The van der Waals surface area contributed by atoms with E-state index in [1.807, 2.05) is 31.5 Å². The van der Waals surface area contributed by atoms with Crippen LogP contribution in [0.5, 0.6) is 11.5 Å². The average Bonchev–Trinajstić information content (AvgIpc) is 3.02. The summed E-state index contributed by atoms with van der Waals surface area (Å²) in [6.45, 7) is 8.79. The molecule has 0 N–H and O–H groups in total. The highest BCUT2D eigenvalue weighted by Gasteiger charge is 2.23. The van der Waals surface area contributed by atoms with Gasteiger partial charge in [0.15, 0.2) is 11.5 Å². The van der Waals surface area contributed by atoms with E-state index in [1.54, 1.807) is 6.33 Å². The molecular weight excluding hydrogens is 514 g/mol. The molecule has 0 radical (unpaired) electrons. The van der Waals surface area contributed by atoms with Gasteiger partial charge in [-0.3, -0.25) is 0 Å². The topological polar surface area (TPSA) is 79.7 Å². The summed E-state index contributed by atoms with van der Waals surface area (Å²) in [5.74, 6) is 3.79. The van der Waals surface area contributed by atoms with E-state index in [1.165, 1.54) is 5.56 Å². The van der Waals surface area contributed by atoms with E-state index in [9.17, 15) is 0 Å². The van der Waals surface area contributed by atoms with Crippen molar-refractivity contribution >= 4 is 22.7 Å². The van der Waals surface area contributed by atoms with Crippen LogP contribution in [-0.4, -0.2) is 84.4 Å². The van der Waals surface area contributed by atoms with Crippen LogP contribution in [0.1, 0.15) is 30.9 Å². The first-order chi connectivity index (χ1) is 20.2. The van der Waals surface area contributed by atoms with Crippen LogP contribution >= 0.6 is 0 Å². The SMILES string of the molecule is CCOc1cc2ncnc(N3CCN(c4ncc(Cc5ccccc5)cn4)CC3)c2cc1OCC1CCN(C)CC1. The second-order valence-corrected chi connectivity index (χ2v) is 11.0. The summed E-state index contributed by atoms with van der Waals surface area (Å²) in [5, 5.41) is 0.990. The third kappa shape index (κ3) is 6.51. The largest absolute Gasteiger partial charge is 0.490 e. The molecule has 2 fully saturated rings. The molecule has 2 aromatic carbocycles. The minimum absolute atomic E-state index is 0.561. The summed E-state index contributed by atoms with van der Waals surface area (Å²) in [6.07, 6.45) is 8.70. The van der Waals surface area contributed by atoms with Crippen molar-refractivity contribution in [3.63, 3.8) is 0 Å². The highest BCUT2D eigenvalue weighted by molar-refractivity contribution is 5.92. The number of likely N-dealkylation sites (tertiary alicyclic amines) is 1. The molecule has 6 rings (SSSR count). The highest BCUT2D eigenvalue weighted by atomic mass is 16.5. The Morgan fingerprint density at radius 3 is 2.22 bits per heavy atom. The molecule has 0 spiro atoms. The van der Waals surface area contributed by atoms with Crippen molar-refractivity contribution in [1.82, 2.24) is 24.8 Å². The summed E-state index contributed by atoms with van der Waals surface area (Å²) in [7, 11) is 2.19. The number of piperazine rings is 1. The fraction of sp³-hybridized carbons (Fsp3) is 0.438. The van der Waals surface area contributed by atoms with Crippen molar-refractivity contribution in [2.75, 3.05) is 69.3 Å². The molecule has 2 aromatic heterocycles. The summed E-state index contributed by atoms with van der Waals surface area (Å²) >= 11 is 0. The number of ether oxygens (including phenoxy) is 2. The van der Waals surface area contributed by atoms with Gasteiger partial charge in [-0.1, -0.05) is 30.3 Å². The summed E-state index contributed by atoms with van der Waals surface area (Å²) < 4.78 is 12.4. The molecule has 4 aromatic rings. The summed E-state index contributed by atoms with van der Waals surface area (Å²) in [6, 6.07) is 14.5. The zero-order chi connectivity index (χ0) is 28.0. The number of nitrogens with zero attached hydrogens (tertiary/aromatic N) is 7. The van der Waals surface area contributed by atoms with Crippen LogP contribution in [-0.2, 0) is 6.42 Å². The number of hydrogen-bond acceptors (Lipinski definition) is 9. The molecule has 2 saturated heterocycles. The minimum atomic E-state index is 0.561. The monoisotopic (exact) mass is 553 g/mol. The zero-order valence-electron chi connectivity index (χ0n) is 24.1. The molecular formula is C32H39N7O2. The first-order valence-corrected chi connectivity index (χ1v) is 14.7. The van der Waals surface area contributed by atoms with Gasteiger partial charge in [0.2, 0.25) is 5.95 Å². The van der Waals surface area contributed by atoms with E-state index in [0.717, 1.165) is 98.3 Å². The van der Waals surface area contributed by atoms with E-state index >= 15 is 0 Å². The number of anilines is 2. The van der Waals surface area contributed by atoms with Crippen LogP contribution in [0.15, 0.2) is 61.2 Å². The van der Waals surface area contributed by atoms with Crippen LogP contribution < -0.4 is 19.3 Å². The molecule has 2 aliphatic rings. The van der Waals surface area contributed by atoms with Gasteiger partial charge in [-0.25, -0.2) is 19.9 Å². The molecule has 0 bridgehead atoms. The third-order valence-corrected chi connectivity index (χ3v) is 8.10. The van der Waals surface area contributed by atoms with Gasteiger partial charge in [0, 0.05) is 56.4 Å². The summed E-state index contributed by atoms with van der Waals surface area (Å²) in [4.78, 5) is 25.6. The smallest absolute Gasteiger partial charge is 0.225 e. The second kappa shape index (κ2) is 12.7. The Morgan fingerprint density at radius 2 is 1.49 bits per heavy atom. The maximum absolute atomic E-state index is 6.39.